The molecule has 4 aromatic carbocycles. The van der Waals surface area contributed by atoms with Gasteiger partial charge < -0.3 is 4.74 Å². The number of ether oxygens (including phenoxy) is 1. The Morgan fingerprint density at radius 1 is 0.925 bits per heavy atom. The first kappa shape index (κ1) is 25.4. The van der Waals surface area contributed by atoms with Crippen molar-refractivity contribution < 1.29 is 13.2 Å². The third-order valence-electron chi connectivity index (χ3n) is 7.74. The van der Waals surface area contributed by atoms with Gasteiger partial charge in [0.25, 0.3) is 0 Å². The highest BCUT2D eigenvalue weighted by atomic mass is 32.2. The predicted molar refractivity (Wildman–Crippen MR) is 161 cm³/mol. The number of nitrogens with zero attached hydrogens (tertiary/aromatic N) is 3. The molecule has 6 nitrogen and oxygen atoms in total. The van der Waals surface area contributed by atoms with Crippen LogP contribution in [0.1, 0.15) is 18.5 Å². The van der Waals surface area contributed by atoms with E-state index >= 15 is 0 Å². The Hall–Kier alpha value is -3.56. The molecule has 2 aromatic heterocycles. The van der Waals surface area contributed by atoms with E-state index < -0.39 is 10.0 Å². The number of sulfonamides is 1. The molecule has 1 saturated heterocycles. The maximum absolute atomic E-state index is 13.9. The van der Waals surface area contributed by atoms with E-state index in [1.165, 1.54) is 10.8 Å². The van der Waals surface area contributed by atoms with Gasteiger partial charge in [-0.25, -0.2) is 13.4 Å². The molecular formula is C32H29N3O3S2. The van der Waals surface area contributed by atoms with Gasteiger partial charge in [0.1, 0.15) is 0 Å². The molecule has 0 radical (unpaired) electrons. The Labute approximate surface area is 237 Å². The summed E-state index contributed by atoms with van der Waals surface area (Å²) in [7, 11) is -3.71. The summed E-state index contributed by atoms with van der Waals surface area (Å²) in [5.74, 6) is 0. The standard InChI is InChI=1S/C32H29N3O3S2/c36-40(37,30-14-13-24-7-2-4-9-26(24)19-30)34(20-29-10-5-17-38-29)16-15-28-22-39-32-33-31(21-35(28)32)27-12-11-23-6-1-3-8-25(23)18-27/h1-4,6-9,11-14,18-19,21-22,29H,5,10,15-17,20H2. The van der Waals surface area contributed by atoms with Crippen LogP contribution in [0, 0.1) is 0 Å². The molecule has 1 fully saturated rings. The van der Waals surface area contributed by atoms with Crippen LogP contribution >= 0.6 is 11.3 Å². The van der Waals surface area contributed by atoms with E-state index in [-0.39, 0.29) is 6.10 Å². The second-order valence-electron chi connectivity index (χ2n) is 10.3. The van der Waals surface area contributed by atoms with Crippen molar-refractivity contribution in [1.82, 2.24) is 13.7 Å². The minimum atomic E-state index is -3.71. The fraction of sp³-hybridized carbons (Fsp3) is 0.219. The number of aromatic nitrogens is 2. The molecule has 40 heavy (non-hydrogen) atoms. The Morgan fingerprint density at radius 3 is 2.40 bits per heavy atom. The first-order valence-corrected chi connectivity index (χ1v) is 15.9. The SMILES string of the molecule is O=S(=O)(c1ccc2ccccc2c1)N(CCc1csc2nc(-c3ccc4ccccc4c3)cn12)CC1CCCO1. The number of benzene rings is 4. The van der Waals surface area contributed by atoms with Crippen LogP contribution in [0.2, 0.25) is 0 Å². The maximum atomic E-state index is 13.9. The molecule has 0 saturated carbocycles. The summed E-state index contributed by atoms with van der Waals surface area (Å²) in [4.78, 5) is 6.10. The summed E-state index contributed by atoms with van der Waals surface area (Å²) in [5.41, 5.74) is 3.03. The number of rotatable bonds is 8. The number of thiazole rings is 1. The minimum absolute atomic E-state index is 0.0783. The first-order chi connectivity index (χ1) is 19.5. The molecule has 0 spiro atoms. The van der Waals surface area contributed by atoms with E-state index in [2.05, 4.69) is 46.3 Å². The third kappa shape index (κ3) is 4.81. The second kappa shape index (κ2) is 10.4. The highest BCUT2D eigenvalue weighted by Gasteiger charge is 2.29. The summed E-state index contributed by atoms with van der Waals surface area (Å²) in [5, 5.41) is 6.40. The summed E-state index contributed by atoms with van der Waals surface area (Å²) in [6.45, 7) is 1.41. The molecule has 1 atom stereocenters. The fourth-order valence-corrected chi connectivity index (χ4v) is 7.95. The molecule has 1 unspecified atom stereocenters. The van der Waals surface area contributed by atoms with Crippen LogP contribution in [-0.2, 0) is 21.2 Å². The number of hydrogen-bond donors (Lipinski definition) is 0. The summed E-state index contributed by atoms with van der Waals surface area (Å²) in [6, 6.07) is 27.9. The largest absolute Gasteiger partial charge is 0.377 e. The summed E-state index contributed by atoms with van der Waals surface area (Å²) in [6.07, 6.45) is 4.40. The molecule has 1 aliphatic heterocycles. The molecule has 0 N–H and O–H groups in total. The van der Waals surface area contributed by atoms with E-state index in [9.17, 15) is 8.42 Å². The van der Waals surface area contributed by atoms with Crippen LogP contribution in [0.5, 0.6) is 0 Å². The normalized spacial score (nSPS) is 16.1. The Kier molecular flexibility index (Phi) is 6.64. The Balaban J connectivity index is 1.17. The zero-order valence-electron chi connectivity index (χ0n) is 21.9. The van der Waals surface area contributed by atoms with Crippen molar-refractivity contribution in [3.05, 3.63) is 102 Å². The highest BCUT2D eigenvalue weighted by molar-refractivity contribution is 7.89. The van der Waals surface area contributed by atoms with Crippen LogP contribution in [0.15, 0.2) is 101 Å². The molecule has 3 heterocycles. The van der Waals surface area contributed by atoms with Crippen molar-refractivity contribution in [2.24, 2.45) is 0 Å². The Bertz CT molecular complexity index is 1940. The van der Waals surface area contributed by atoms with Gasteiger partial charge in [0.05, 0.1) is 16.7 Å². The van der Waals surface area contributed by atoms with Crippen molar-refractivity contribution in [1.29, 1.82) is 0 Å². The lowest BCUT2D eigenvalue weighted by Gasteiger charge is -2.25. The topological polar surface area (TPSA) is 63.9 Å². The van der Waals surface area contributed by atoms with Gasteiger partial charge in [0.15, 0.2) is 4.96 Å². The number of hydrogen-bond acceptors (Lipinski definition) is 5. The average molecular weight is 568 g/mol. The zero-order valence-corrected chi connectivity index (χ0v) is 23.6. The van der Waals surface area contributed by atoms with Crippen molar-refractivity contribution in [3.63, 3.8) is 0 Å². The van der Waals surface area contributed by atoms with Crippen molar-refractivity contribution in [2.45, 2.75) is 30.3 Å². The van der Waals surface area contributed by atoms with Gasteiger partial charge in [-0.05, 0) is 52.6 Å². The van der Waals surface area contributed by atoms with Crippen molar-refractivity contribution >= 4 is 47.9 Å². The van der Waals surface area contributed by atoms with E-state index in [1.54, 1.807) is 27.8 Å². The van der Waals surface area contributed by atoms with E-state index in [0.29, 0.717) is 31.0 Å². The molecule has 7 rings (SSSR count). The predicted octanol–water partition coefficient (Wildman–Crippen LogP) is 6.78. The Morgan fingerprint density at radius 2 is 1.65 bits per heavy atom. The summed E-state index contributed by atoms with van der Waals surface area (Å²) >= 11 is 1.58. The smallest absolute Gasteiger partial charge is 0.243 e. The van der Waals surface area contributed by atoms with Gasteiger partial charge in [-0.3, -0.25) is 4.40 Å². The van der Waals surface area contributed by atoms with Gasteiger partial charge in [-0.1, -0.05) is 66.7 Å². The molecule has 0 aliphatic carbocycles. The number of imidazole rings is 1. The van der Waals surface area contributed by atoms with Crippen LogP contribution in [0.25, 0.3) is 37.8 Å². The zero-order chi connectivity index (χ0) is 27.1. The lowest BCUT2D eigenvalue weighted by molar-refractivity contribution is 0.0939. The molecular weight excluding hydrogens is 539 g/mol. The first-order valence-electron chi connectivity index (χ1n) is 13.6. The van der Waals surface area contributed by atoms with Gasteiger partial charge >= 0.3 is 0 Å². The quantitative estimate of drug-likeness (QED) is 0.203. The molecule has 1 aliphatic rings. The van der Waals surface area contributed by atoms with Crippen molar-refractivity contribution in [2.75, 3.05) is 19.7 Å². The van der Waals surface area contributed by atoms with Gasteiger partial charge in [0, 0.05) is 49.0 Å². The minimum Gasteiger partial charge on any atom is -0.377 e. The van der Waals surface area contributed by atoms with Gasteiger partial charge in [0.2, 0.25) is 10.0 Å². The average Bonchev–Trinajstić information content (AvgIpc) is 3.73. The van der Waals surface area contributed by atoms with Crippen molar-refractivity contribution in [3.8, 4) is 11.3 Å². The van der Waals surface area contributed by atoms with Crippen LogP contribution in [-0.4, -0.2) is 47.9 Å². The molecule has 0 amide bonds. The molecule has 202 valence electrons. The number of fused-ring (bicyclic) bond motifs is 3. The molecule has 6 aromatic rings. The van der Waals surface area contributed by atoms with E-state index in [4.69, 9.17) is 9.72 Å². The van der Waals surface area contributed by atoms with E-state index in [0.717, 1.165) is 45.5 Å². The third-order valence-corrected chi connectivity index (χ3v) is 10.5. The lowest BCUT2D eigenvalue weighted by atomic mass is 10.1. The molecule has 8 heteroatoms. The second-order valence-corrected chi connectivity index (χ2v) is 13.1. The van der Waals surface area contributed by atoms with E-state index in [1.807, 2.05) is 42.5 Å². The monoisotopic (exact) mass is 567 g/mol. The van der Waals surface area contributed by atoms with Crippen LogP contribution < -0.4 is 0 Å². The fourth-order valence-electron chi connectivity index (χ4n) is 5.54. The highest BCUT2D eigenvalue weighted by Crippen LogP contribution is 2.28. The van der Waals surface area contributed by atoms with Crippen LogP contribution in [0.4, 0.5) is 0 Å². The van der Waals surface area contributed by atoms with Gasteiger partial charge in [-0.15, -0.1) is 11.3 Å². The summed E-state index contributed by atoms with van der Waals surface area (Å²) < 4.78 is 37.4. The lowest BCUT2D eigenvalue weighted by Crippen LogP contribution is -2.38. The molecule has 0 bridgehead atoms. The maximum Gasteiger partial charge on any atom is 0.243 e. The van der Waals surface area contributed by atoms with Gasteiger partial charge in [-0.2, -0.15) is 4.31 Å². The van der Waals surface area contributed by atoms with Crippen LogP contribution in [0.3, 0.4) is 0 Å².